The van der Waals surface area contributed by atoms with Gasteiger partial charge >= 0.3 is 0 Å². The van der Waals surface area contributed by atoms with E-state index in [-0.39, 0.29) is 6.61 Å². The topological polar surface area (TPSA) is 61.8 Å². The fourth-order valence-electron chi connectivity index (χ4n) is 3.48. The molecule has 3 aromatic heterocycles. The molecule has 0 aliphatic heterocycles. The van der Waals surface area contributed by atoms with E-state index >= 15 is 0 Å². The molecule has 0 aliphatic rings. The highest BCUT2D eigenvalue weighted by Crippen LogP contribution is 2.34. The molecule has 0 radical (unpaired) electrons. The quantitative estimate of drug-likeness (QED) is 0.505. The zero-order valence-corrected chi connectivity index (χ0v) is 13.4. The molecule has 25 heavy (non-hydrogen) atoms. The van der Waals surface area contributed by atoms with E-state index in [4.69, 9.17) is 0 Å². The number of benzene rings is 2. The standard InChI is InChI=1S/C21H15N3O/c25-12-13-6-7-19-17(11-13)16-8-10-23-20(21(16)24-19)15-3-1-5-18-14(15)4-2-9-22-18/h1-11,24-25H,12H2. The number of hydrogen-bond acceptors (Lipinski definition) is 3. The molecule has 4 nitrogen and oxygen atoms in total. The maximum atomic E-state index is 9.43. The molecule has 5 aromatic rings. The van der Waals surface area contributed by atoms with Gasteiger partial charge in [0.15, 0.2) is 0 Å². The summed E-state index contributed by atoms with van der Waals surface area (Å²) in [5, 5.41) is 12.7. The predicted octanol–water partition coefficient (Wildman–Crippen LogP) is 4.42. The number of aromatic amines is 1. The molecule has 0 amide bonds. The molecule has 0 fully saturated rings. The average Bonchev–Trinajstić information content (AvgIpc) is 3.05. The molecular formula is C21H15N3O. The lowest BCUT2D eigenvalue weighted by Gasteiger charge is -2.06. The van der Waals surface area contributed by atoms with Crippen molar-refractivity contribution >= 4 is 32.7 Å². The molecule has 0 unspecified atom stereocenters. The summed E-state index contributed by atoms with van der Waals surface area (Å²) >= 11 is 0. The molecular weight excluding hydrogens is 310 g/mol. The van der Waals surface area contributed by atoms with Crippen molar-refractivity contribution in [3.8, 4) is 11.3 Å². The van der Waals surface area contributed by atoms with Gasteiger partial charge in [-0.05, 0) is 35.9 Å². The molecule has 2 N–H and O–H groups in total. The Morgan fingerprint density at radius 2 is 1.80 bits per heavy atom. The number of aliphatic hydroxyl groups is 1. The van der Waals surface area contributed by atoms with Gasteiger partial charge in [0.2, 0.25) is 0 Å². The summed E-state index contributed by atoms with van der Waals surface area (Å²) in [7, 11) is 0. The molecule has 4 heteroatoms. The van der Waals surface area contributed by atoms with Gasteiger partial charge in [-0.3, -0.25) is 9.97 Å². The molecule has 0 saturated heterocycles. The number of H-pyrrole nitrogens is 1. The van der Waals surface area contributed by atoms with Crippen LogP contribution in [0.25, 0.3) is 44.0 Å². The predicted molar refractivity (Wildman–Crippen MR) is 100 cm³/mol. The summed E-state index contributed by atoms with van der Waals surface area (Å²) in [5.41, 5.74) is 5.88. The summed E-state index contributed by atoms with van der Waals surface area (Å²) in [5.74, 6) is 0. The second kappa shape index (κ2) is 5.40. The van der Waals surface area contributed by atoms with Crippen LogP contribution >= 0.6 is 0 Å². The van der Waals surface area contributed by atoms with Crippen LogP contribution in [-0.2, 0) is 6.61 Å². The van der Waals surface area contributed by atoms with Crippen molar-refractivity contribution in [3.05, 3.63) is 72.6 Å². The van der Waals surface area contributed by atoms with Crippen LogP contribution < -0.4 is 0 Å². The fourth-order valence-corrected chi connectivity index (χ4v) is 3.48. The minimum atomic E-state index is 0.0372. The van der Waals surface area contributed by atoms with Crippen LogP contribution in [0.2, 0.25) is 0 Å². The minimum absolute atomic E-state index is 0.0372. The van der Waals surface area contributed by atoms with Crippen LogP contribution in [0.15, 0.2) is 67.0 Å². The zero-order chi connectivity index (χ0) is 16.8. The monoisotopic (exact) mass is 325 g/mol. The Kier molecular flexibility index (Phi) is 3.05. The first-order valence-electron chi connectivity index (χ1n) is 8.19. The van der Waals surface area contributed by atoms with Gasteiger partial charge in [0.25, 0.3) is 0 Å². The lowest BCUT2D eigenvalue weighted by molar-refractivity contribution is 0.282. The Morgan fingerprint density at radius 3 is 2.72 bits per heavy atom. The Balaban J connectivity index is 1.87. The molecule has 0 aliphatic carbocycles. The average molecular weight is 325 g/mol. The zero-order valence-electron chi connectivity index (χ0n) is 13.4. The minimum Gasteiger partial charge on any atom is -0.392 e. The van der Waals surface area contributed by atoms with E-state index in [0.29, 0.717) is 0 Å². The number of rotatable bonds is 2. The molecule has 3 heterocycles. The third kappa shape index (κ3) is 2.12. The normalized spacial score (nSPS) is 11.6. The summed E-state index contributed by atoms with van der Waals surface area (Å²) in [4.78, 5) is 12.6. The summed E-state index contributed by atoms with van der Waals surface area (Å²) < 4.78 is 0. The molecule has 120 valence electrons. The number of nitrogens with zero attached hydrogens (tertiary/aromatic N) is 2. The first kappa shape index (κ1) is 14.1. The van der Waals surface area contributed by atoms with Crippen LogP contribution in [0.3, 0.4) is 0 Å². The van der Waals surface area contributed by atoms with Crippen LogP contribution in [-0.4, -0.2) is 20.1 Å². The van der Waals surface area contributed by atoms with Gasteiger partial charge in [0, 0.05) is 39.6 Å². The van der Waals surface area contributed by atoms with Gasteiger partial charge in [-0.1, -0.05) is 24.3 Å². The summed E-state index contributed by atoms with van der Waals surface area (Å²) in [6.45, 7) is 0.0372. The van der Waals surface area contributed by atoms with Crippen LogP contribution in [0.4, 0.5) is 0 Å². The van der Waals surface area contributed by atoms with Crippen LogP contribution in [0.5, 0.6) is 0 Å². The number of aromatic nitrogens is 3. The first-order chi connectivity index (χ1) is 12.3. The molecule has 0 saturated carbocycles. The van der Waals surface area contributed by atoms with Crippen LogP contribution in [0, 0.1) is 0 Å². The Morgan fingerprint density at radius 1 is 0.840 bits per heavy atom. The van der Waals surface area contributed by atoms with E-state index in [1.165, 1.54) is 0 Å². The Bertz CT molecular complexity index is 1230. The number of hydrogen-bond donors (Lipinski definition) is 2. The summed E-state index contributed by atoms with van der Waals surface area (Å²) in [6.07, 6.45) is 3.64. The van der Waals surface area contributed by atoms with E-state index < -0.39 is 0 Å². The van der Waals surface area contributed by atoms with Crippen LogP contribution in [0.1, 0.15) is 5.56 Å². The second-order valence-electron chi connectivity index (χ2n) is 6.12. The smallest absolute Gasteiger partial charge is 0.0949 e. The van der Waals surface area contributed by atoms with Gasteiger partial charge in [0.1, 0.15) is 0 Å². The molecule has 0 atom stereocenters. The first-order valence-corrected chi connectivity index (χ1v) is 8.19. The highest BCUT2D eigenvalue weighted by atomic mass is 16.3. The van der Waals surface area contributed by atoms with Crippen molar-refractivity contribution in [1.82, 2.24) is 15.0 Å². The van der Waals surface area contributed by atoms with E-state index in [1.807, 2.05) is 48.7 Å². The van der Waals surface area contributed by atoms with Gasteiger partial charge in [-0.25, -0.2) is 0 Å². The molecule has 2 aromatic carbocycles. The van der Waals surface area contributed by atoms with Gasteiger partial charge < -0.3 is 10.1 Å². The number of aliphatic hydroxyl groups excluding tert-OH is 1. The second-order valence-corrected chi connectivity index (χ2v) is 6.12. The Labute approximate surface area is 143 Å². The third-order valence-corrected chi connectivity index (χ3v) is 4.67. The highest BCUT2D eigenvalue weighted by Gasteiger charge is 2.13. The maximum Gasteiger partial charge on any atom is 0.0949 e. The van der Waals surface area contributed by atoms with E-state index in [0.717, 1.165) is 49.5 Å². The van der Waals surface area contributed by atoms with Gasteiger partial charge in [-0.15, -0.1) is 0 Å². The molecule has 0 spiro atoms. The largest absolute Gasteiger partial charge is 0.392 e. The highest BCUT2D eigenvalue weighted by molar-refractivity contribution is 6.12. The van der Waals surface area contributed by atoms with Crippen molar-refractivity contribution in [3.63, 3.8) is 0 Å². The Hall–Kier alpha value is -3.24. The molecule has 5 rings (SSSR count). The van der Waals surface area contributed by atoms with Crippen molar-refractivity contribution in [1.29, 1.82) is 0 Å². The number of pyridine rings is 2. The number of nitrogens with one attached hydrogen (secondary N) is 1. The van der Waals surface area contributed by atoms with Gasteiger partial charge in [-0.2, -0.15) is 0 Å². The maximum absolute atomic E-state index is 9.43. The van der Waals surface area contributed by atoms with Crippen molar-refractivity contribution < 1.29 is 5.11 Å². The van der Waals surface area contributed by atoms with E-state index in [1.54, 1.807) is 6.20 Å². The van der Waals surface area contributed by atoms with Crippen molar-refractivity contribution in [2.45, 2.75) is 6.61 Å². The van der Waals surface area contributed by atoms with Crippen molar-refractivity contribution in [2.75, 3.05) is 0 Å². The lowest BCUT2D eigenvalue weighted by atomic mass is 10.0. The number of fused-ring (bicyclic) bond motifs is 4. The van der Waals surface area contributed by atoms with E-state index in [2.05, 4.69) is 27.1 Å². The summed E-state index contributed by atoms with van der Waals surface area (Å²) in [6, 6.07) is 18.1. The van der Waals surface area contributed by atoms with Gasteiger partial charge in [0.05, 0.1) is 23.3 Å². The lowest BCUT2D eigenvalue weighted by Crippen LogP contribution is -1.88. The third-order valence-electron chi connectivity index (χ3n) is 4.67. The molecule has 0 bridgehead atoms. The van der Waals surface area contributed by atoms with Crippen molar-refractivity contribution in [2.24, 2.45) is 0 Å². The SMILES string of the molecule is OCc1ccc2[nH]c3c(-c4cccc5ncccc45)nccc3c2c1. The van der Waals surface area contributed by atoms with E-state index in [9.17, 15) is 5.11 Å². The fraction of sp³-hybridized carbons (Fsp3) is 0.0476.